The van der Waals surface area contributed by atoms with Crippen molar-refractivity contribution in [1.82, 2.24) is 10.2 Å². The van der Waals surface area contributed by atoms with Crippen LogP contribution in [0.25, 0.3) is 0 Å². The molecule has 2 aromatic rings. The molecule has 1 saturated heterocycles. The number of aliphatic carboxylic acids is 1. The van der Waals surface area contributed by atoms with Crippen molar-refractivity contribution < 1.29 is 19.0 Å². The molecule has 7 heteroatoms. The first-order valence-corrected chi connectivity index (χ1v) is 7.63. The van der Waals surface area contributed by atoms with Crippen molar-refractivity contribution in [3.8, 4) is 5.75 Å². The molecule has 1 unspecified atom stereocenters. The summed E-state index contributed by atoms with van der Waals surface area (Å²) in [5.41, 5.74) is 0.376. The van der Waals surface area contributed by atoms with E-state index in [9.17, 15) is 14.3 Å². The highest BCUT2D eigenvalue weighted by atomic mass is 19.1. The van der Waals surface area contributed by atoms with Gasteiger partial charge >= 0.3 is 5.97 Å². The maximum atomic E-state index is 14.5. The van der Waals surface area contributed by atoms with E-state index in [4.69, 9.17) is 4.74 Å². The number of hydrogen-bond donors (Lipinski definition) is 1. The van der Waals surface area contributed by atoms with E-state index < -0.39 is 23.6 Å². The number of hydrogen-bond acceptors (Lipinski definition) is 5. The zero-order valence-electron chi connectivity index (χ0n) is 13.4. The lowest BCUT2D eigenvalue weighted by Crippen LogP contribution is -2.33. The predicted molar refractivity (Wildman–Crippen MR) is 85.7 cm³/mol. The standard InChI is InChI=1S/C17H18FN3O3/c1-10-16(17(22)23)13(9-21(10)15-4-3-7-19-20-15)12-6-5-11(24-2)8-14(12)18/h3-8,10,13,16H,9H2,1-2H3,(H,22,23)/t10?,13-,16+/m0/s1. The fourth-order valence-electron chi connectivity index (χ4n) is 3.38. The van der Waals surface area contributed by atoms with Crippen LogP contribution in [0.4, 0.5) is 10.2 Å². The molecule has 24 heavy (non-hydrogen) atoms. The van der Waals surface area contributed by atoms with E-state index in [1.54, 1.807) is 30.5 Å². The van der Waals surface area contributed by atoms with E-state index in [0.717, 1.165) is 0 Å². The van der Waals surface area contributed by atoms with Crippen LogP contribution >= 0.6 is 0 Å². The molecule has 3 rings (SSSR count). The molecule has 0 saturated carbocycles. The lowest BCUT2D eigenvalue weighted by molar-refractivity contribution is -0.142. The molecular weight excluding hydrogens is 313 g/mol. The molecule has 2 heterocycles. The van der Waals surface area contributed by atoms with Crippen LogP contribution in [0.1, 0.15) is 18.4 Å². The Morgan fingerprint density at radius 3 is 2.79 bits per heavy atom. The minimum Gasteiger partial charge on any atom is -0.497 e. The maximum absolute atomic E-state index is 14.5. The first-order valence-electron chi connectivity index (χ1n) is 7.63. The minimum absolute atomic E-state index is 0.328. The largest absolute Gasteiger partial charge is 0.497 e. The molecule has 1 aromatic carbocycles. The summed E-state index contributed by atoms with van der Waals surface area (Å²) in [6, 6.07) is 7.71. The Hall–Kier alpha value is -2.70. The van der Waals surface area contributed by atoms with Crippen molar-refractivity contribution in [1.29, 1.82) is 0 Å². The fraction of sp³-hybridized carbons (Fsp3) is 0.353. The molecule has 1 aliphatic rings. The molecule has 0 bridgehead atoms. The Morgan fingerprint density at radius 1 is 1.42 bits per heavy atom. The number of carboxylic acids is 1. The molecule has 1 aromatic heterocycles. The number of anilines is 1. The van der Waals surface area contributed by atoms with Crippen LogP contribution in [-0.2, 0) is 4.79 Å². The van der Waals surface area contributed by atoms with Crippen LogP contribution in [-0.4, -0.2) is 41.0 Å². The Morgan fingerprint density at radius 2 is 2.21 bits per heavy atom. The van der Waals surface area contributed by atoms with Gasteiger partial charge in [-0.25, -0.2) is 4.39 Å². The van der Waals surface area contributed by atoms with Crippen LogP contribution in [0, 0.1) is 11.7 Å². The third kappa shape index (κ3) is 2.77. The number of benzene rings is 1. The second-order valence-corrected chi connectivity index (χ2v) is 5.83. The van der Waals surface area contributed by atoms with Crippen LogP contribution in [0.3, 0.4) is 0 Å². The number of halogens is 1. The summed E-state index contributed by atoms with van der Waals surface area (Å²) in [7, 11) is 1.46. The Labute approximate surface area is 138 Å². The normalized spacial score (nSPS) is 23.3. The van der Waals surface area contributed by atoms with Crippen molar-refractivity contribution >= 4 is 11.8 Å². The number of nitrogens with zero attached hydrogens (tertiary/aromatic N) is 3. The van der Waals surface area contributed by atoms with Gasteiger partial charge in [0, 0.05) is 30.8 Å². The summed E-state index contributed by atoms with van der Waals surface area (Å²) < 4.78 is 19.5. The van der Waals surface area contributed by atoms with Gasteiger partial charge in [-0.2, -0.15) is 5.10 Å². The number of rotatable bonds is 4. The van der Waals surface area contributed by atoms with Gasteiger partial charge < -0.3 is 14.7 Å². The van der Waals surface area contributed by atoms with Gasteiger partial charge in [0.05, 0.1) is 13.0 Å². The molecule has 126 valence electrons. The molecule has 1 aliphatic heterocycles. The quantitative estimate of drug-likeness (QED) is 0.927. The average molecular weight is 331 g/mol. The van der Waals surface area contributed by atoms with Gasteiger partial charge in [0.15, 0.2) is 5.82 Å². The van der Waals surface area contributed by atoms with Crippen LogP contribution < -0.4 is 9.64 Å². The number of ether oxygens (including phenoxy) is 1. The van der Waals surface area contributed by atoms with Crippen LogP contribution in [0.15, 0.2) is 36.5 Å². The fourth-order valence-corrected chi connectivity index (χ4v) is 3.38. The third-order valence-corrected chi connectivity index (χ3v) is 4.58. The lowest BCUT2D eigenvalue weighted by Gasteiger charge is -2.23. The van der Waals surface area contributed by atoms with Gasteiger partial charge in [0.25, 0.3) is 0 Å². The number of carboxylic acid groups (broad SMARTS) is 1. The van der Waals surface area contributed by atoms with Gasteiger partial charge in [-0.1, -0.05) is 6.07 Å². The van der Waals surface area contributed by atoms with Crippen molar-refractivity contribution in [2.24, 2.45) is 5.92 Å². The topological polar surface area (TPSA) is 75.5 Å². The first-order chi connectivity index (χ1) is 11.5. The highest BCUT2D eigenvalue weighted by Crippen LogP contribution is 2.40. The molecule has 1 fully saturated rings. The van der Waals surface area contributed by atoms with Crippen LogP contribution in [0.5, 0.6) is 5.75 Å². The zero-order chi connectivity index (χ0) is 17.3. The zero-order valence-corrected chi connectivity index (χ0v) is 13.4. The van der Waals surface area contributed by atoms with Crippen LogP contribution in [0.2, 0.25) is 0 Å². The van der Waals surface area contributed by atoms with E-state index in [-0.39, 0.29) is 6.04 Å². The summed E-state index contributed by atoms with van der Waals surface area (Å²) in [5.74, 6) is -1.64. The summed E-state index contributed by atoms with van der Waals surface area (Å²) in [4.78, 5) is 13.7. The van der Waals surface area contributed by atoms with Gasteiger partial charge in [-0.15, -0.1) is 5.10 Å². The predicted octanol–water partition coefficient (Wildman–Crippen LogP) is 2.32. The second-order valence-electron chi connectivity index (χ2n) is 5.83. The van der Waals surface area contributed by atoms with E-state index in [0.29, 0.717) is 23.7 Å². The highest BCUT2D eigenvalue weighted by Gasteiger charge is 2.45. The van der Waals surface area contributed by atoms with Crippen molar-refractivity contribution in [3.63, 3.8) is 0 Å². The van der Waals surface area contributed by atoms with E-state index in [2.05, 4.69) is 10.2 Å². The van der Waals surface area contributed by atoms with Crippen molar-refractivity contribution in [2.45, 2.75) is 18.9 Å². The third-order valence-electron chi connectivity index (χ3n) is 4.58. The van der Waals surface area contributed by atoms with Gasteiger partial charge in [-0.3, -0.25) is 4.79 Å². The van der Waals surface area contributed by atoms with Crippen molar-refractivity contribution in [3.05, 3.63) is 47.9 Å². The molecule has 3 atom stereocenters. The van der Waals surface area contributed by atoms with Gasteiger partial charge in [-0.05, 0) is 30.7 Å². The Kier molecular flexibility index (Phi) is 4.33. The molecule has 1 N–H and O–H groups in total. The summed E-state index contributed by atoms with van der Waals surface area (Å²) >= 11 is 0. The first kappa shape index (κ1) is 16.2. The SMILES string of the molecule is COc1ccc([C@@H]2CN(c3cccnn3)C(C)[C@H]2C(=O)O)c(F)c1. The second kappa shape index (κ2) is 6.43. The van der Waals surface area contributed by atoms with Gasteiger partial charge in [0.1, 0.15) is 11.6 Å². The van der Waals surface area contributed by atoms with E-state index in [1.807, 2.05) is 11.8 Å². The molecule has 0 radical (unpaired) electrons. The Bertz CT molecular complexity index is 741. The highest BCUT2D eigenvalue weighted by molar-refractivity contribution is 5.74. The Balaban J connectivity index is 1.99. The average Bonchev–Trinajstić information content (AvgIpc) is 2.92. The van der Waals surface area contributed by atoms with Gasteiger partial charge in [0.2, 0.25) is 0 Å². The van der Waals surface area contributed by atoms with E-state index >= 15 is 0 Å². The minimum atomic E-state index is -0.950. The molecule has 0 amide bonds. The molecule has 6 nitrogen and oxygen atoms in total. The lowest BCUT2D eigenvalue weighted by atomic mass is 9.85. The number of aromatic nitrogens is 2. The van der Waals surface area contributed by atoms with Crippen molar-refractivity contribution in [2.75, 3.05) is 18.6 Å². The number of carbonyl (C=O) groups is 1. The summed E-state index contributed by atoms with van der Waals surface area (Å²) in [6.45, 7) is 2.18. The molecule has 0 spiro atoms. The maximum Gasteiger partial charge on any atom is 0.309 e. The monoisotopic (exact) mass is 331 g/mol. The smallest absolute Gasteiger partial charge is 0.309 e. The molecular formula is C17H18FN3O3. The van der Waals surface area contributed by atoms with E-state index in [1.165, 1.54) is 13.2 Å². The summed E-state index contributed by atoms with van der Waals surface area (Å²) in [6.07, 6.45) is 1.56. The number of methoxy groups -OCH3 is 1. The summed E-state index contributed by atoms with van der Waals surface area (Å²) in [5, 5.41) is 17.6. The molecule has 0 aliphatic carbocycles.